The van der Waals surface area contributed by atoms with Crippen LogP contribution in [0.2, 0.25) is 0 Å². The summed E-state index contributed by atoms with van der Waals surface area (Å²) in [5.74, 6) is -0.428. The molecule has 1 N–H and O–H groups in total. The van der Waals surface area contributed by atoms with Gasteiger partial charge in [-0.3, -0.25) is 9.48 Å². The van der Waals surface area contributed by atoms with Crippen molar-refractivity contribution in [2.24, 2.45) is 0 Å². The highest BCUT2D eigenvalue weighted by molar-refractivity contribution is 9.10. The Kier molecular flexibility index (Phi) is 6.72. The van der Waals surface area contributed by atoms with Crippen molar-refractivity contribution in [3.8, 4) is 5.75 Å². The third-order valence-electron chi connectivity index (χ3n) is 4.97. The summed E-state index contributed by atoms with van der Waals surface area (Å²) in [6.07, 6.45) is 0. The van der Waals surface area contributed by atoms with Crippen molar-refractivity contribution in [3.05, 3.63) is 97.7 Å². The second-order valence-electron chi connectivity index (χ2n) is 7.32. The number of carbonyl (C=O) groups excluding carboxylic acids is 1. The van der Waals surface area contributed by atoms with Gasteiger partial charge in [-0.25, -0.2) is 4.39 Å². The molecule has 0 bridgehead atoms. The van der Waals surface area contributed by atoms with Crippen molar-refractivity contribution in [2.75, 3.05) is 5.32 Å². The number of nitrogens with one attached hydrogen (secondary N) is 1. The van der Waals surface area contributed by atoms with E-state index in [0.29, 0.717) is 17.1 Å². The van der Waals surface area contributed by atoms with Crippen LogP contribution in [-0.4, -0.2) is 15.7 Å². The van der Waals surface area contributed by atoms with Crippen molar-refractivity contribution in [1.29, 1.82) is 0 Å². The first-order valence-electron chi connectivity index (χ1n) is 9.95. The van der Waals surface area contributed by atoms with Crippen LogP contribution in [0.25, 0.3) is 0 Å². The zero-order valence-corrected chi connectivity index (χ0v) is 20.0. The molecule has 164 valence electrons. The number of benzene rings is 2. The Morgan fingerprint density at radius 3 is 2.66 bits per heavy atom. The highest BCUT2D eigenvalue weighted by Crippen LogP contribution is 2.24. The quantitative estimate of drug-likeness (QED) is 0.313. The molecule has 0 unspecified atom stereocenters. The fourth-order valence-electron chi connectivity index (χ4n) is 3.26. The van der Waals surface area contributed by atoms with Crippen LogP contribution >= 0.6 is 27.3 Å². The van der Waals surface area contributed by atoms with Gasteiger partial charge in [-0.2, -0.15) is 5.10 Å². The molecular weight excluding hydrogens is 493 g/mol. The average molecular weight is 514 g/mol. The Bertz CT molecular complexity index is 1250. The predicted octanol–water partition coefficient (Wildman–Crippen LogP) is 6.34. The third kappa shape index (κ3) is 5.08. The zero-order valence-electron chi connectivity index (χ0n) is 17.6. The summed E-state index contributed by atoms with van der Waals surface area (Å²) in [6.45, 7) is 4.62. The molecule has 0 aliphatic rings. The van der Waals surface area contributed by atoms with Gasteiger partial charge in [0, 0.05) is 10.0 Å². The summed E-state index contributed by atoms with van der Waals surface area (Å²) in [4.78, 5) is 13.4. The first-order valence-corrected chi connectivity index (χ1v) is 11.6. The van der Waals surface area contributed by atoms with Crippen LogP contribution in [-0.2, 0) is 13.2 Å². The summed E-state index contributed by atoms with van der Waals surface area (Å²) in [6, 6.07) is 16.1. The number of aromatic nitrogens is 2. The number of hydrogen-bond donors (Lipinski definition) is 1. The lowest BCUT2D eigenvalue weighted by Gasteiger charge is -2.07. The van der Waals surface area contributed by atoms with E-state index in [1.165, 1.54) is 17.4 Å². The van der Waals surface area contributed by atoms with Gasteiger partial charge in [-0.15, -0.1) is 11.3 Å². The van der Waals surface area contributed by atoms with Gasteiger partial charge in [0.1, 0.15) is 6.61 Å². The van der Waals surface area contributed by atoms with Crippen molar-refractivity contribution in [1.82, 2.24) is 9.78 Å². The summed E-state index contributed by atoms with van der Waals surface area (Å²) in [5, 5.41) is 9.42. The average Bonchev–Trinajstić information content (AvgIpc) is 3.35. The monoisotopic (exact) mass is 513 g/mol. The lowest BCUT2D eigenvalue weighted by Crippen LogP contribution is -2.12. The third-order valence-corrected chi connectivity index (χ3v) is 6.48. The van der Waals surface area contributed by atoms with Crippen molar-refractivity contribution >= 4 is 38.9 Å². The highest BCUT2D eigenvalue weighted by Gasteiger charge is 2.17. The normalized spacial score (nSPS) is 10.9. The molecule has 0 spiro atoms. The fraction of sp³-hybridized carbons (Fsp3) is 0.167. The molecule has 2 aromatic carbocycles. The van der Waals surface area contributed by atoms with Gasteiger partial charge >= 0.3 is 0 Å². The molecule has 5 nitrogen and oxygen atoms in total. The van der Waals surface area contributed by atoms with Crippen LogP contribution in [0.4, 0.5) is 10.1 Å². The molecule has 2 heterocycles. The maximum Gasteiger partial charge on any atom is 0.265 e. The van der Waals surface area contributed by atoms with Crippen LogP contribution in [0.3, 0.4) is 0 Å². The number of hydrogen-bond acceptors (Lipinski definition) is 4. The van der Waals surface area contributed by atoms with Crippen molar-refractivity contribution in [2.45, 2.75) is 27.0 Å². The van der Waals surface area contributed by atoms with Crippen LogP contribution in [0.1, 0.15) is 32.2 Å². The van der Waals surface area contributed by atoms with E-state index in [2.05, 4.69) is 26.3 Å². The van der Waals surface area contributed by atoms with Crippen LogP contribution in [0.15, 0.2) is 64.5 Å². The summed E-state index contributed by atoms with van der Waals surface area (Å²) in [5.41, 5.74) is 4.29. The smallest absolute Gasteiger partial charge is 0.265 e. The molecule has 2 aromatic heterocycles. The number of nitrogens with zero attached hydrogens (tertiary/aromatic N) is 2. The van der Waals surface area contributed by atoms with Crippen LogP contribution in [0.5, 0.6) is 5.75 Å². The second kappa shape index (κ2) is 9.67. The molecule has 32 heavy (non-hydrogen) atoms. The molecule has 0 aliphatic carbocycles. The minimum absolute atomic E-state index is 0.188. The number of para-hydroxylation sites is 1. The van der Waals surface area contributed by atoms with Gasteiger partial charge in [-0.05, 0) is 55.1 Å². The lowest BCUT2D eigenvalue weighted by atomic mass is 10.2. The van der Waals surface area contributed by atoms with E-state index in [0.717, 1.165) is 27.0 Å². The molecule has 8 heteroatoms. The molecule has 0 saturated heterocycles. The number of amides is 1. The number of carbonyl (C=O) groups is 1. The first kappa shape index (κ1) is 22.2. The van der Waals surface area contributed by atoms with Crippen molar-refractivity contribution in [3.63, 3.8) is 0 Å². The summed E-state index contributed by atoms with van der Waals surface area (Å²) in [7, 11) is 0. The maximum absolute atomic E-state index is 13.7. The van der Waals surface area contributed by atoms with E-state index in [1.807, 2.05) is 48.2 Å². The molecule has 0 aliphatic heterocycles. The molecule has 0 radical (unpaired) electrons. The Morgan fingerprint density at radius 1 is 1.16 bits per heavy atom. The topological polar surface area (TPSA) is 56.2 Å². The number of halogens is 2. The Hall–Kier alpha value is -2.97. The lowest BCUT2D eigenvalue weighted by molar-refractivity contribution is 0.103. The van der Waals surface area contributed by atoms with E-state index in [4.69, 9.17) is 4.74 Å². The number of thiophene rings is 1. The number of aryl methyl sites for hydroxylation is 1. The van der Waals surface area contributed by atoms with E-state index < -0.39 is 5.82 Å². The number of ether oxygens (including phenoxy) is 1. The Morgan fingerprint density at radius 2 is 1.91 bits per heavy atom. The van der Waals surface area contributed by atoms with Gasteiger partial charge in [-0.1, -0.05) is 40.2 Å². The van der Waals surface area contributed by atoms with E-state index in [1.54, 1.807) is 24.3 Å². The van der Waals surface area contributed by atoms with Gasteiger partial charge in [0.15, 0.2) is 11.6 Å². The largest absolute Gasteiger partial charge is 0.486 e. The number of anilines is 1. The van der Waals surface area contributed by atoms with E-state index in [9.17, 15) is 9.18 Å². The molecular formula is C24H21BrFN3O2S. The Labute approximate surface area is 198 Å². The predicted molar refractivity (Wildman–Crippen MR) is 128 cm³/mol. The molecule has 0 atom stereocenters. The molecule has 1 amide bonds. The SMILES string of the molecule is Cc1nn(Cc2ccc(Br)cc2)c(C)c1NC(=O)c1cc(COc2ccccc2F)cs1. The molecule has 4 aromatic rings. The van der Waals surface area contributed by atoms with Gasteiger partial charge in [0.2, 0.25) is 0 Å². The van der Waals surface area contributed by atoms with E-state index >= 15 is 0 Å². The first-order chi connectivity index (χ1) is 15.4. The van der Waals surface area contributed by atoms with Gasteiger partial charge in [0.25, 0.3) is 5.91 Å². The maximum atomic E-state index is 13.7. The Balaban J connectivity index is 1.42. The van der Waals surface area contributed by atoms with Gasteiger partial charge < -0.3 is 10.1 Å². The molecule has 0 saturated carbocycles. The standard InChI is InChI=1S/C24H21BrFN3O2S/c1-15-23(16(2)29(28-15)12-17-7-9-19(25)10-8-17)27-24(30)22-11-18(14-32-22)13-31-21-6-4-3-5-20(21)26/h3-11,14H,12-13H2,1-2H3,(H,27,30). The van der Waals surface area contributed by atoms with E-state index in [-0.39, 0.29) is 18.3 Å². The van der Waals surface area contributed by atoms with Crippen LogP contribution in [0, 0.1) is 19.7 Å². The molecule has 4 rings (SSSR count). The second-order valence-corrected chi connectivity index (χ2v) is 9.15. The zero-order chi connectivity index (χ0) is 22.7. The summed E-state index contributed by atoms with van der Waals surface area (Å²) >= 11 is 4.76. The minimum atomic E-state index is -0.410. The molecule has 0 fully saturated rings. The summed E-state index contributed by atoms with van der Waals surface area (Å²) < 4.78 is 22.1. The van der Waals surface area contributed by atoms with Crippen molar-refractivity contribution < 1.29 is 13.9 Å². The fourth-order valence-corrected chi connectivity index (χ4v) is 4.32. The highest BCUT2D eigenvalue weighted by atomic mass is 79.9. The van der Waals surface area contributed by atoms with Gasteiger partial charge in [0.05, 0.1) is 28.5 Å². The number of rotatable bonds is 7. The minimum Gasteiger partial charge on any atom is -0.486 e. The van der Waals surface area contributed by atoms with Crippen LogP contribution < -0.4 is 10.1 Å².